The third-order valence-electron chi connectivity index (χ3n) is 2.19. The molecule has 0 heterocycles. The van der Waals surface area contributed by atoms with Crippen LogP contribution < -0.4 is 16.0 Å². The van der Waals surface area contributed by atoms with Gasteiger partial charge in [0.25, 0.3) is 5.91 Å². The van der Waals surface area contributed by atoms with Crippen LogP contribution in [0.15, 0.2) is 24.3 Å². The van der Waals surface area contributed by atoms with E-state index < -0.39 is 0 Å². The Hall–Kier alpha value is -1.73. The molecule has 7 heteroatoms. The highest BCUT2D eigenvalue weighted by Crippen LogP contribution is 2.12. The minimum atomic E-state index is -0.347. The highest BCUT2D eigenvalue weighted by atomic mass is 32.2. The van der Waals surface area contributed by atoms with Crippen molar-refractivity contribution in [2.75, 3.05) is 25.2 Å². The molecule has 0 radical (unpaired) electrons. The van der Waals surface area contributed by atoms with Crippen molar-refractivity contribution in [3.8, 4) is 5.75 Å². The fourth-order valence-electron chi connectivity index (χ4n) is 1.22. The van der Waals surface area contributed by atoms with Gasteiger partial charge in [-0.05, 0) is 24.3 Å². The van der Waals surface area contributed by atoms with Crippen LogP contribution >= 0.6 is 11.8 Å². The van der Waals surface area contributed by atoms with Crippen LogP contribution in [0.4, 0.5) is 0 Å². The topological polar surface area (TPSA) is 90.6 Å². The number of nitrogens with one attached hydrogen (secondary N) is 1. The molecule has 19 heavy (non-hydrogen) atoms. The molecule has 1 amide bonds. The van der Waals surface area contributed by atoms with Gasteiger partial charge >= 0.3 is 5.97 Å². The van der Waals surface area contributed by atoms with Crippen molar-refractivity contribution in [1.82, 2.24) is 5.43 Å². The van der Waals surface area contributed by atoms with E-state index in [2.05, 4.69) is 4.74 Å². The second-order valence-corrected chi connectivity index (χ2v) is 4.58. The molecule has 0 aliphatic heterocycles. The number of amides is 1. The van der Waals surface area contributed by atoms with Gasteiger partial charge in [-0.15, -0.1) is 11.8 Å². The van der Waals surface area contributed by atoms with E-state index >= 15 is 0 Å². The van der Waals surface area contributed by atoms with Crippen LogP contribution in [0.25, 0.3) is 0 Å². The number of nitrogens with two attached hydrogens (primary N) is 1. The molecule has 1 aromatic rings. The number of benzene rings is 1. The Labute approximate surface area is 115 Å². The van der Waals surface area contributed by atoms with Gasteiger partial charge in [0.15, 0.2) is 0 Å². The van der Waals surface area contributed by atoms with Gasteiger partial charge in [0.1, 0.15) is 5.75 Å². The predicted molar refractivity (Wildman–Crippen MR) is 72.9 cm³/mol. The van der Waals surface area contributed by atoms with Gasteiger partial charge in [-0.3, -0.25) is 15.0 Å². The lowest BCUT2D eigenvalue weighted by Crippen LogP contribution is -2.29. The zero-order chi connectivity index (χ0) is 14.1. The standard InChI is InChI=1S/C12H16N2O4S/c1-17-11(15)8-19-7-6-18-10-4-2-9(3-5-10)12(16)14-13/h2-5H,6-8,13H2,1H3,(H,14,16). The average molecular weight is 284 g/mol. The summed E-state index contributed by atoms with van der Waals surface area (Å²) < 4.78 is 9.97. The van der Waals surface area contributed by atoms with Gasteiger partial charge < -0.3 is 9.47 Å². The number of carbonyl (C=O) groups is 2. The number of methoxy groups -OCH3 is 1. The lowest BCUT2D eigenvalue weighted by atomic mass is 10.2. The van der Waals surface area contributed by atoms with Crippen molar-refractivity contribution in [3.05, 3.63) is 29.8 Å². The quantitative estimate of drug-likeness (QED) is 0.250. The minimum absolute atomic E-state index is 0.248. The molecule has 3 N–H and O–H groups in total. The summed E-state index contributed by atoms with van der Waals surface area (Å²) in [7, 11) is 1.36. The number of hydrazine groups is 1. The van der Waals surface area contributed by atoms with E-state index in [9.17, 15) is 9.59 Å². The first-order chi connectivity index (χ1) is 9.17. The summed E-state index contributed by atoms with van der Waals surface area (Å²) in [6, 6.07) is 6.63. The number of rotatable bonds is 7. The molecule has 0 bridgehead atoms. The average Bonchev–Trinajstić information content (AvgIpc) is 2.46. The van der Waals surface area contributed by atoms with Gasteiger partial charge in [-0.2, -0.15) is 0 Å². The molecule has 0 aliphatic rings. The summed E-state index contributed by atoms with van der Waals surface area (Å²) in [6.45, 7) is 0.476. The maximum atomic E-state index is 11.2. The summed E-state index contributed by atoms with van der Waals surface area (Å²) in [6.07, 6.45) is 0. The Bertz CT molecular complexity index is 422. The maximum absolute atomic E-state index is 11.2. The van der Waals surface area contributed by atoms with Crippen LogP contribution in [0, 0.1) is 0 Å². The largest absolute Gasteiger partial charge is 0.493 e. The molecule has 0 unspecified atom stereocenters. The monoisotopic (exact) mass is 284 g/mol. The lowest BCUT2D eigenvalue weighted by Gasteiger charge is -2.06. The zero-order valence-corrected chi connectivity index (χ0v) is 11.4. The van der Waals surface area contributed by atoms with Gasteiger partial charge in [0, 0.05) is 11.3 Å². The van der Waals surface area contributed by atoms with Crippen LogP contribution in [0.2, 0.25) is 0 Å². The summed E-state index contributed by atoms with van der Waals surface area (Å²) in [4.78, 5) is 22.0. The first-order valence-corrected chi connectivity index (χ1v) is 6.71. The first-order valence-electron chi connectivity index (χ1n) is 5.55. The predicted octanol–water partition coefficient (Wildman–Crippen LogP) is 0.575. The normalized spacial score (nSPS) is 9.79. The van der Waals surface area contributed by atoms with E-state index in [1.54, 1.807) is 24.3 Å². The Balaban J connectivity index is 2.26. The van der Waals surface area contributed by atoms with E-state index in [-0.39, 0.29) is 11.9 Å². The van der Waals surface area contributed by atoms with E-state index in [0.717, 1.165) is 0 Å². The molecule has 0 saturated heterocycles. The highest BCUT2D eigenvalue weighted by Gasteiger charge is 2.03. The summed E-state index contributed by atoms with van der Waals surface area (Å²) in [5.74, 6) is 6.08. The van der Waals surface area contributed by atoms with Crippen molar-refractivity contribution in [2.24, 2.45) is 5.84 Å². The molecule has 104 valence electrons. The molecular formula is C12H16N2O4S. The number of hydrogen-bond donors (Lipinski definition) is 2. The summed E-state index contributed by atoms with van der Waals surface area (Å²) >= 11 is 1.44. The smallest absolute Gasteiger partial charge is 0.315 e. The van der Waals surface area contributed by atoms with Crippen molar-refractivity contribution in [1.29, 1.82) is 0 Å². The Morgan fingerprint density at radius 3 is 2.58 bits per heavy atom. The third-order valence-corrected chi connectivity index (χ3v) is 3.09. The van der Waals surface area contributed by atoms with E-state index in [0.29, 0.717) is 29.4 Å². The van der Waals surface area contributed by atoms with Crippen LogP contribution in [-0.4, -0.2) is 37.1 Å². The van der Waals surface area contributed by atoms with Crippen LogP contribution in [0.5, 0.6) is 5.75 Å². The van der Waals surface area contributed by atoms with Gasteiger partial charge in [0.05, 0.1) is 19.5 Å². The lowest BCUT2D eigenvalue weighted by molar-refractivity contribution is -0.137. The summed E-state index contributed by atoms with van der Waals surface area (Å²) in [5, 5.41) is 0. The Morgan fingerprint density at radius 2 is 2.00 bits per heavy atom. The molecule has 1 rings (SSSR count). The third kappa shape index (κ3) is 5.62. The van der Waals surface area contributed by atoms with Crippen molar-refractivity contribution in [3.63, 3.8) is 0 Å². The zero-order valence-electron chi connectivity index (χ0n) is 10.5. The molecule has 1 aromatic carbocycles. The molecular weight excluding hydrogens is 268 g/mol. The number of hydrogen-bond acceptors (Lipinski definition) is 6. The SMILES string of the molecule is COC(=O)CSCCOc1ccc(C(=O)NN)cc1. The number of ether oxygens (including phenoxy) is 2. The molecule has 0 saturated carbocycles. The van der Waals surface area contributed by atoms with Crippen LogP contribution in [0.1, 0.15) is 10.4 Å². The first kappa shape index (κ1) is 15.3. The number of nitrogen functional groups attached to an aromatic ring is 1. The Morgan fingerprint density at radius 1 is 1.32 bits per heavy atom. The number of thioether (sulfide) groups is 1. The second kappa shape index (κ2) is 8.39. The summed E-state index contributed by atoms with van der Waals surface area (Å²) in [5.41, 5.74) is 2.52. The van der Waals surface area contributed by atoms with Crippen molar-refractivity contribution < 1.29 is 19.1 Å². The highest BCUT2D eigenvalue weighted by molar-refractivity contribution is 7.99. The number of esters is 1. The number of carbonyl (C=O) groups excluding carboxylic acids is 2. The van der Waals surface area contributed by atoms with Crippen molar-refractivity contribution in [2.45, 2.75) is 0 Å². The Kier molecular flexibility index (Phi) is 6.76. The van der Waals surface area contributed by atoms with Crippen molar-refractivity contribution >= 4 is 23.6 Å². The van der Waals surface area contributed by atoms with Crippen LogP contribution in [-0.2, 0) is 9.53 Å². The van der Waals surface area contributed by atoms with E-state index in [1.807, 2.05) is 5.43 Å². The fraction of sp³-hybridized carbons (Fsp3) is 0.333. The fourth-order valence-corrected chi connectivity index (χ4v) is 1.85. The van der Waals surface area contributed by atoms with E-state index in [4.69, 9.17) is 10.6 Å². The maximum Gasteiger partial charge on any atom is 0.315 e. The molecule has 6 nitrogen and oxygen atoms in total. The molecule has 0 aliphatic carbocycles. The van der Waals surface area contributed by atoms with Crippen LogP contribution in [0.3, 0.4) is 0 Å². The van der Waals surface area contributed by atoms with Gasteiger partial charge in [-0.25, -0.2) is 5.84 Å². The van der Waals surface area contributed by atoms with Gasteiger partial charge in [-0.1, -0.05) is 0 Å². The van der Waals surface area contributed by atoms with Gasteiger partial charge in [0.2, 0.25) is 0 Å². The second-order valence-electron chi connectivity index (χ2n) is 3.48. The molecule has 0 fully saturated rings. The van der Waals surface area contributed by atoms with E-state index in [1.165, 1.54) is 18.9 Å². The molecule has 0 aromatic heterocycles. The molecule has 0 atom stereocenters. The minimum Gasteiger partial charge on any atom is -0.493 e. The molecule has 0 spiro atoms.